The lowest BCUT2D eigenvalue weighted by atomic mass is 9.99. The molecule has 3 amide bonds. The first kappa shape index (κ1) is 23.6. The number of amides is 3. The third-order valence-electron chi connectivity index (χ3n) is 6.73. The van der Waals surface area contributed by atoms with Crippen molar-refractivity contribution in [2.45, 2.75) is 20.8 Å². The van der Waals surface area contributed by atoms with Gasteiger partial charge in [-0.15, -0.1) is 0 Å². The van der Waals surface area contributed by atoms with Gasteiger partial charge in [0.1, 0.15) is 5.69 Å². The van der Waals surface area contributed by atoms with Crippen LogP contribution < -0.4 is 10.6 Å². The molecule has 1 aliphatic rings. The Hall–Kier alpha value is -4.10. The van der Waals surface area contributed by atoms with Crippen molar-refractivity contribution in [2.75, 3.05) is 36.9 Å². The summed E-state index contributed by atoms with van der Waals surface area (Å²) in [4.78, 5) is 31.8. The van der Waals surface area contributed by atoms with Crippen LogP contribution in [0.3, 0.4) is 0 Å². The van der Waals surface area contributed by atoms with Crippen molar-refractivity contribution < 1.29 is 14.3 Å². The first-order valence-corrected chi connectivity index (χ1v) is 12.2. The summed E-state index contributed by atoms with van der Waals surface area (Å²) in [7, 11) is 0. The van der Waals surface area contributed by atoms with Crippen LogP contribution in [-0.4, -0.2) is 48.1 Å². The normalized spacial score (nSPS) is 13.6. The van der Waals surface area contributed by atoms with E-state index >= 15 is 0 Å². The molecular weight excluding hydrogens is 452 g/mol. The zero-order valence-electron chi connectivity index (χ0n) is 20.8. The van der Waals surface area contributed by atoms with Crippen LogP contribution in [0.4, 0.5) is 16.2 Å². The van der Waals surface area contributed by atoms with E-state index < -0.39 is 0 Å². The van der Waals surface area contributed by atoms with Crippen LogP contribution in [0.15, 0.2) is 60.7 Å². The second-order valence-electron chi connectivity index (χ2n) is 9.21. The Morgan fingerprint density at radius 2 is 1.61 bits per heavy atom. The van der Waals surface area contributed by atoms with E-state index in [1.807, 2.05) is 80.3 Å². The van der Waals surface area contributed by atoms with E-state index in [9.17, 15) is 9.59 Å². The fourth-order valence-corrected chi connectivity index (χ4v) is 4.69. The minimum absolute atomic E-state index is 0.0724. The van der Waals surface area contributed by atoms with Gasteiger partial charge in [0, 0.05) is 29.7 Å². The van der Waals surface area contributed by atoms with E-state index in [-0.39, 0.29) is 11.9 Å². The summed E-state index contributed by atoms with van der Waals surface area (Å²) in [6, 6.07) is 19.3. The van der Waals surface area contributed by atoms with Crippen molar-refractivity contribution in [1.82, 2.24) is 9.88 Å². The number of aromatic amines is 1. The highest BCUT2D eigenvalue weighted by molar-refractivity contribution is 6.14. The third-order valence-corrected chi connectivity index (χ3v) is 6.73. The number of anilines is 2. The average Bonchev–Trinajstić information content (AvgIpc) is 3.27. The quantitative estimate of drug-likeness (QED) is 0.340. The van der Waals surface area contributed by atoms with E-state index in [2.05, 4.69) is 21.7 Å². The lowest BCUT2D eigenvalue weighted by Crippen LogP contribution is -2.41. The van der Waals surface area contributed by atoms with Gasteiger partial charge in [-0.3, -0.25) is 4.79 Å². The summed E-state index contributed by atoms with van der Waals surface area (Å²) >= 11 is 0. The molecule has 3 N–H and O–H groups in total. The number of carbonyl (C=O) groups excluding carboxylic acids is 2. The maximum absolute atomic E-state index is 13.6. The maximum Gasteiger partial charge on any atom is 0.323 e. The smallest absolute Gasteiger partial charge is 0.323 e. The molecule has 36 heavy (non-hydrogen) atoms. The highest BCUT2D eigenvalue weighted by Gasteiger charge is 2.26. The first-order chi connectivity index (χ1) is 17.4. The van der Waals surface area contributed by atoms with Gasteiger partial charge in [0.05, 0.1) is 24.4 Å². The number of nitrogens with zero attached hydrogens (tertiary/aromatic N) is 1. The van der Waals surface area contributed by atoms with E-state index in [1.54, 1.807) is 0 Å². The fourth-order valence-electron chi connectivity index (χ4n) is 4.69. The number of aryl methyl sites for hydroxylation is 2. The van der Waals surface area contributed by atoms with Crippen LogP contribution in [-0.2, 0) is 4.74 Å². The topological polar surface area (TPSA) is 86.5 Å². The number of H-pyrrole nitrogens is 1. The summed E-state index contributed by atoms with van der Waals surface area (Å²) in [6.45, 7) is 8.12. The molecule has 3 aromatic carbocycles. The van der Waals surface area contributed by atoms with Gasteiger partial charge in [-0.25, -0.2) is 4.79 Å². The maximum atomic E-state index is 13.6. The number of carbonyl (C=O) groups is 2. The lowest BCUT2D eigenvalue weighted by molar-refractivity contribution is 0.0300. The first-order valence-electron chi connectivity index (χ1n) is 12.2. The van der Waals surface area contributed by atoms with Crippen molar-refractivity contribution in [3.63, 3.8) is 0 Å². The Balaban J connectivity index is 1.57. The summed E-state index contributed by atoms with van der Waals surface area (Å²) in [5, 5.41) is 6.85. The molecule has 0 saturated carbocycles. The predicted octanol–water partition coefficient (Wildman–Crippen LogP) is 5.88. The molecule has 5 rings (SSSR count). The summed E-state index contributed by atoms with van der Waals surface area (Å²) in [6.07, 6.45) is 0. The van der Waals surface area contributed by atoms with Gasteiger partial charge in [-0.05, 0) is 61.2 Å². The second-order valence-corrected chi connectivity index (χ2v) is 9.21. The average molecular weight is 483 g/mol. The number of nitrogens with one attached hydrogen (secondary N) is 3. The van der Waals surface area contributed by atoms with E-state index in [4.69, 9.17) is 4.74 Å². The lowest BCUT2D eigenvalue weighted by Gasteiger charge is -2.26. The van der Waals surface area contributed by atoms with E-state index in [0.29, 0.717) is 43.2 Å². The van der Waals surface area contributed by atoms with Crippen LogP contribution in [0, 0.1) is 20.8 Å². The zero-order valence-corrected chi connectivity index (χ0v) is 20.8. The SMILES string of the molecule is Cc1cc(NC(=O)Nc2cccc(C)c2C)c2[nH]c(C(=O)N3CCOCC3)c(-c3ccccc3)c2c1. The summed E-state index contributed by atoms with van der Waals surface area (Å²) < 4.78 is 5.44. The van der Waals surface area contributed by atoms with Crippen molar-refractivity contribution >= 4 is 34.2 Å². The molecule has 1 fully saturated rings. The number of benzene rings is 3. The fraction of sp³-hybridized carbons (Fsp3) is 0.241. The van der Waals surface area contributed by atoms with Crippen LogP contribution in [0.25, 0.3) is 22.0 Å². The van der Waals surface area contributed by atoms with Crippen molar-refractivity contribution in [3.05, 3.63) is 83.0 Å². The van der Waals surface area contributed by atoms with Crippen LogP contribution in [0.2, 0.25) is 0 Å². The van der Waals surface area contributed by atoms with Gasteiger partial charge in [0.25, 0.3) is 5.91 Å². The van der Waals surface area contributed by atoms with Crippen LogP contribution in [0.1, 0.15) is 27.2 Å². The van der Waals surface area contributed by atoms with Crippen LogP contribution in [0.5, 0.6) is 0 Å². The molecular formula is C29H30N4O3. The van der Waals surface area contributed by atoms with Gasteiger partial charge in [-0.1, -0.05) is 42.5 Å². The molecule has 0 aliphatic carbocycles. The number of fused-ring (bicyclic) bond motifs is 1. The molecule has 2 heterocycles. The van der Waals surface area contributed by atoms with E-state index in [0.717, 1.165) is 38.9 Å². The number of aromatic nitrogens is 1. The van der Waals surface area contributed by atoms with Gasteiger partial charge in [0.15, 0.2) is 0 Å². The molecule has 0 bridgehead atoms. The molecule has 0 radical (unpaired) electrons. The van der Waals surface area contributed by atoms with Crippen LogP contribution >= 0.6 is 0 Å². The second kappa shape index (κ2) is 9.87. The predicted molar refractivity (Wildman–Crippen MR) is 144 cm³/mol. The highest BCUT2D eigenvalue weighted by Crippen LogP contribution is 2.37. The third kappa shape index (κ3) is 4.57. The Morgan fingerprint density at radius 1 is 0.889 bits per heavy atom. The van der Waals surface area contributed by atoms with Gasteiger partial charge < -0.3 is 25.3 Å². The van der Waals surface area contributed by atoms with E-state index in [1.165, 1.54) is 0 Å². The molecule has 0 unspecified atom stereocenters. The van der Waals surface area contributed by atoms with Crippen molar-refractivity contribution in [1.29, 1.82) is 0 Å². The van der Waals surface area contributed by atoms with Crippen molar-refractivity contribution in [2.24, 2.45) is 0 Å². The molecule has 184 valence electrons. The van der Waals surface area contributed by atoms with Gasteiger partial charge >= 0.3 is 6.03 Å². The number of hydrogen-bond acceptors (Lipinski definition) is 3. The Labute approximate surface area is 210 Å². The van der Waals surface area contributed by atoms with Crippen molar-refractivity contribution in [3.8, 4) is 11.1 Å². The summed E-state index contributed by atoms with van der Waals surface area (Å²) in [5.74, 6) is -0.0724. The molecule has 0 spiro atoms. The monoisotopic (exact) mass is 482 g/mol. The van der Waals surface area contributed by atoms with Gasteiger partial charge in [0.2, 0.25) is 0 Å². The number of morpholine rings is 1. The zero-order chi connectivity index (χ0) is 25.2. The summed E-state index contributed by atoms with van der Waals surface area (Å²) in [5.41, 5.74) is 7.49. The Bertz CT molecular complexity index is 1440. The molecule has 7 nitrogen and oxygen atoms in total. The molecule has 7 heteroatoms. The standard InChI is InChI=1S/C29H30N4O3/c1-18-16-22-25(21-9-5-4-6-10-21)27(28(34)33-12-14-36-15-13-33)32-26(22)24(17-18)31-29(35)30-23-11-7-8-19(2)20(23)3/h4-11,16-17,32H,12-15H2,1-3H3,(H2,30,31,35). The molecule has 4 aromatic rings. The number of urea groups is 1. The minimum Gasteiger partial charge on any atom is -0.378 e. The molecule has 1 aliphatic heterocycles. The number of ether oxygens (including phenoxy) is 1. The van der Waals surface area contributed by atoms with Gasteiger partial charge in [-0.2, -0.15) is 0 Å². The highest BCUT2D eigenvalue weighted by atomic mass is 16.5. The largest absolute Gasteiger partial charge is 0.378 e. The Morgan fingerprint density at radius 3 is 2.36 bits per heavy atom. The minimum atomic E-state index is -0.340. The Kier molecular flexibility index (Phi) is 6.48. The molecule has 1 aromatic heterocycles. The number of hydrogen-bond donors (Lipinski definition) is 3. The molecule has 0 atom stereocenters. The molecule has 1 saturated heterocycles. The number of rotatable bonds is 4.